The summed E-state index contributed by atoms with van der Waals surface area (Å²) in [6.07, 6.45) is -0.280. The van der Waals surface area contributed by atoms with Crippen molar-refractivity contribution in [1.82, 2.24) is 9.55 Å². The van der Waals surface area contributed by atoms with Gasteiger partial charge in [0.05, 0.1) is 18.7 Å². The fourth-order valence-corrected chi connectivity index (χ4v) is 4.78. The number of nitrogens with zero attached hydrogens (tertiary/aromatic N) is 3. The Morgan fingerprint density at radius 3 is 3.00 bits per heavy atom. The van der Waals surface area contributed by atoms with Gasteiger partial charge in [0.2, 0.25) is 5.91 Å². The minimum absolute atomic E-state index is 0.105. The summed E-state index contributed by atoms with van der Waals surface area (Å²) in [6, 6.07) is 3.30. The van der Waals surface area contributed by atoms with Gasteiger partial charge in [-0.25, -0.2) is 13.8 Å². The van der Waals surface area contributed by atoms with E-state index < -0.39 is 29.7 Å². The average Bonchev–Trinajstić information content (AvgIpc) is 2.97. The topological polar surface area (TPSA) is 112 Å². The van der Waals surface area contributed by atoms with Crippen LogP contribution in [0.3, 0.4) is 0 Å². The quantitative estimate of drug-likeness (QED) is 0.625. The van der Waals surface area contributed by atoms with Gasteiger partial charge in [0.25, 0.3) is 11.7 Å². The normalized spacial score (nSPS) is 19.2. The van der Waals surface area contributed by atoms with Gasteiger partial charge in [-0.3, -0.25) is 14.5 Å². The van der Waals surface area contributed by atoms with E-state index in [0.717, 1.165) is 16.7 Å². The van der Waals surface area contributed by atoms with Crippen molar-refractivity contribution in [2.45, 2.75) is 37.9 Å². The zero-order valence-electron chi connectivity index (χ0n) is 18.0. The average molecular weight is 482 g/mol. The predicted octanol–water partition coefficient (Wildman–Crippen LogP) is 2.94. The van der Waals surface area contributed by atoms with Gasteiger partial charge in [0.15, 0.2) is 5.82 Å². The van der Waals surface area contributed by atoms with Crippen LogP contribution in [-0.4, -0.2) is 65.3 Å². The van der Waals surface area contributed by atoms with Gasteiger partial charge in [-0.2, -0.15) is 0 Å². The lowest BCUT2D eigenvalue weighted by molar-refractivity contribution is -0.119. The molecule has 4 rings (SSSR count). The summed E-state index contributed by atoms with van der Waals surface area (Å²) in [7, 11) is 1.47. The van der Waals surface area contributed by atoms with Gasteiger partial charge in [0.1, 0.15) is 30.3 Å². The van der Waals surface area contributed by atoms with Crippen LogP contribution in [0.2, 0.25) is 0 Å². The van der Waals surface area contributed by atoms with E-state index in [4.69, 9.17) is 15.2 Å². The highest BCUT2D eigenvalue weighted by atomic mass is 32.2. The highest BCUT2D eigenvalue weighted by Gasteiger charge is 2.36. The van der Waals surface area contributed by atoms with E-state index in [1.807, 2.05) is 0 Å². The molecule has 2 aliphatic rings. The lowest BCUT2D eigenvalue weighted by Crippen LogP contribution is -2.42. The number of benzene rings is 1. The van der Waals surface area contributed by atoms with E-state index in [0.29, 0.717) is 48.2 Å². The number of anilines is 2. The number of aromatic nitrogens is 2. The Morgan fingerprint density at radius 1 is 1.45 bits per heavy atom. The smallest absolute Gasteiger partial charge is 0.287 e. The molecule has 1 fully saturated rings. The van der Waals surface area contributed by atoms with Crippen molar-refractivity contribution < 1.29 is 27.8 Å². The van der Waals surface area contributed by atoms with Crippen LogP contribution >= 0.6 is 11.8 Å². The number of imidazole rings is 1. The van der Waals surface area contributed by atoms with E-state index in [1.54, 1.807) is 29.0 Å². The van der Waals surface area contributed by atoms with Gasteiger partial charge in [-0.1, -0.05) is 11.8 Å². The highest BCUT2D eigenvalue weighted by Crippen LogP contribution is 2.37. The van der Waals surface area contributed by atoms with Crippen LogP contribution in [0, 0.1) is 0 Å². The van der Waals surface area contributed by atoms with Crippen LogP contribution in [-0.2, 0) is 16.1 Å². The van der Waals surface area contributed by atoms with Crippen molar-refractivity contribution >= 4 is 34.4 Å². The third-order valence-electron chi connectivity index (χ3n) is 5.53. The minimum atomic E-state index is -2.66. The first-order chi connectivity index (χ1) is 15.9. The molecule has 0 radical (unpaired) electrons. The highest BCUT2D eigenvalue weighted by molar-refractivity contribution is 8.13. The van der Waals surface area contributed by atoms with Crippen molar-refractivity contribution in [2.24, 2.45) is 5.73 Å². The van der Waals surface area contributed by atoms with E-state index in [9.17, 15) is 18.4 Å². The standard InChI is InChI=1S/C21H25F2N5O4S/c1-31-11-14(19(24)29)25-12-4-5-13-16(9-12)32-7-6-27-10-17(26-20(13)27)28-15(18(22)23)3-2-8-33-21(28)30/h4-5,9-10,14-15,18,25H,2-3,6-8,11H2,1H3,(H2,24,29)/t14?,15-/m0/s1. The van der Waals surface area contributed by atoms with Crippen molar-refractivity contribution in [1.29, 1.82) is 0 Å². The van der Waals surface area contributed by atoms with Crippen LogP contribution in [0.4, 0.5) is 25.1 Å². The monoisotopic (exact) mass is 481 g/mol. The van der Waals surface area contributed by atoms with Crippen molar-refractivity contribution in [3.8, 4) is 17.1 Å². The van der Waals surface area contributed by atoms with Crippen molar-refractivity contribution in [2.75, 3.05) is 36.3 Å². The number of nitrogens with one attached hydrogen (secondary N) is 1. The molecule has 2 aliphatic heterocycles. The first kappa shape index (κ1) is 23.3. The third-order valence-corrected chi connectivity index (χ3v) is 6.47. The van der Waals surface area contributed by atoms with Crippen LogP contribution in [0.5, 0.6) is 5.75 Å². The number of hydrogen-bond acceptors (Lipinski definition) is 7. The first-order valence-electron chi connectivity index (χ1n) is 10.5. The number of carbonyl (C=O) groups excluding carboxylic acids is 2. The SMILES string of the molecule is COCC(Nc1ccc2c(c1)OCCn1cc(N3C(=O)SCCC[C@H]3C(F)F)nc1-2)C(N)=O. The Bertz CT molecular complexity index is 1030. The largest absolute Gasteiger partial charge is 0.491 e. The van der Waals surface area contributed by atoms with Gasteiger partial charge in [0, 0.05) is 30.8 Å². The van der Waals surface area contributed by atoms with E-state index in [-0.39, 0.29) is 18.8 Å². The second-order valence-corrected chi connectivity index (χ2v) is 8.80. The number of halogens is 2. The van der Waals surface area contributed by atoms with Crippen molar-refractivity contribution in [3.63, 3.8) is 0 Å². The summed E-state index contributed by atoms with van der Waals surface area (Å²) in [5, 5.41) is 2.60. The van der Waals surface area contributed by atoms with Crippen LogP contribution in [0.1, 0.15) is 12.8 Å². The molecule has 2 atom stereocenters. The van der Waals surface area contributed by atoms with E-state index >= 15 is 0 Å². The molecule has 3 N–H and O–H groups in total. The molecule has 2 aromatic rings. The molecule has 1 unspecified atom stereocenters. The number of methoxy groups -OCH3 is 1. The lowest BCUT2D eigenvalue weighted by Gasteiger charge is -2.26. The summed E-state index contributed by atoms with van der Waals surface area (Å²) in [6.45, 7) is 0.855. The number of thioether (sulfide) groups is 1. The van der Waals surface area contributed by atoms with Crippen molar-refractivity contribution in [3.05, 3.63) is 24.4 Å². The summed E-state index contributed by atoms with van der Waals surface area (Å²) in [4.78, 5) is 30.0. The number of hydrogen-bond donors (Lipinski definition) is 2. The maximum atomic E-state index is 13.8. The first-order valence-corrected chi connectivity index (χ1v) is 11.5. The summed E-state index contributed by atoms with van der Waals surface area (Å²) in [5.41, 5.74) is 6.66. The molecule has 1 aromatic carbocycles. The van der Waals surface area contributed by atoms with Gasteiger partial charge in [-0.15, -0.1) is 0 Å². The molecule has 0 aliphatic carbocycles. The molecule has 1 aromatic heterocycles. The summed E-state index contributed by atoms with van der Waals surface area (Å²) in [5.74, 6) is 1.19. The summed E-state index contributed by atoms with van der Waals surface area (Å²) >= 11 is 1.04. The third kappa shape index (κ3) is 4.91. The number of amides is 2. The second kappa shape index (κ2) is 9.96. The Kier molecular flexibility index (Phi) is 7.03. The predicted molar refractivity (Wildman–Crippen MR) is 121 cm³/mol. The number of nitrogens with two attached hydrogens (primary N) is 1. The number of primary amides is 1. The molecular weight excluding hydrogens is 456 g/mol. The molecule has 0 spiro atoms. The zero-order chi connectivity index (χ0) is 23.5. The molecule has 178 valence electrons. The van der Waals surface area contributed by atoms with Crippen LogP contribution in [0.15, 0.2) is 24.4 Å². The van der Waals surface area contributed by atoms with E-state index in [2.05, 4.69) is 10.3 Å². The molecule has 1 saturated heterocycles. The molecule has 0 saturated carbocycles. The van der Waals surface area contributed by atoms with Crippen LogP contribution < -0.4 is 20.7 Å². The molecule has 12 heteroatoms. The molecule has 2 amide bonds. The Morgan fingerprint density at radius 2 is 2.27 bits per heavy atom. The number of ether oxygens (including phenoxy) is 2. The fourth-order valence-electron chi connectivity index (χ4n) is 3.92. The Labute approximate surface area is 193 Å². The minimum Gasteiger partial charge on any atom is -0.491 e. The number of fused-ring (bicyclic) bond motifs is 3. The molecular formula is C21H25F2N5O4S. The maximum Gasteiger partial charge on any atom is 0.287 e. The van der Waals surface area contributed by atoms with Gasteiger partial charge < -0.3 is 25.1 Å². The second-order valence-electron chi connectivity index (χ2n) is 7.76. The molecule has 33 heavy (non-hydrogen) atoms. The summed E-state index contributed by atoms with van der Waals surface area (Å²) < 4.78 is 40.2. The lowest BCUT2D eigenvalue weighted by atomic mass is 10.1. The zero-order valence-corrected chi connectivity index (χ0v) is 18.8. The number of carbonyl (C=O) groups is 2. The van der Waals surface area contributed by atoms with E-state index in [1.165, 1.54) is 7.11 Å². The maximum absolute atomic E-state index is 13.8. The van der Waals surface area contributed by atoms with Gasteiger partial charge >= 0.3 is 0 Å². The molecule has 3 heterocycles. The number of rotatable bonds is 7. The molecule has 0 bridgehead atoms. The van der Waals surface area contributed by atoms with Gasteiger partial charge in [-0.05, 0) is 25.0 Å². The Hall–Kier alpha value is -2.86. The number of alkyl halides is 2. The molecule has 9 nitrogen and oxygen atoms in total. The van der Waals surface area contributed by atoms with Crippen LogP contribution in [0.25, 0.3) is 11.4 Å². The fraction of sp³-hybridized carbons (Fsp3) is 0.476. The Balaban J connectivity index is 1.67.